The van der Waals surface area contributed by atoms with Gasteiger partial charge in [0.1, 0.15) is 11.6 Å². The molecule has 0 saturated carbocycles. The zero-order valence-corrected chi connectivity index (χ0v) is 14.6. The van der Waals surface area contributed by atoms with Gasteiger partial charge in [0.25, 0.3) is 0 Å². The molecule has 0 aliphatic carbocycles. The molecule has 2 aromatic carbocycles. The summed E-state index contributed by atoms with van der Waals surface area (Å²) in [6.07, 6.45) is 2.40. The minimum absolute atomic E-state index is 0.201. The summed E-state index contributed by atoms with van der Waals surface area (Å²) in [7, 11) is 0. The highest BCUT2D eigenvalue weighted by molar-refractivity contribution is 5.79. The Morgan fingerprint density at radius 3 is 2.80 bits per heavy atom. The second-order valence-corrected chi connectivity index (χ2v) is 6.75. The lowest BCUT2D eigenvalue weighted by Crippen LogP contribution is -2.30. The number of nitrogens with zero attached hydrogens (tertiary/aromatic N) is 1. The average Bonchev–Trinajstić information content (AvgIpc) is 3.06. The fourth-order valence-electron chi connectivity index (χ4n) is 3.28. The van der Waals surface area contributed by atoms with Gasteiger partial charge in [-0.05, 0) is 55.5 Å². The molecule has 4 heteroatoms. The molecular weight excluding hydrogens is 317 g/mol. The lowest BCUT2D eigenvalue weighted by atomic mass is 10.1. The largest absolute Gasteiger partial charge is 0.494 e. The Kier molecular flexibility index (Phi) is 5.69. The second kappa shape index (κ2) is 8.15. The Hall–Kier alpha value is -2.36. The van der Waals surface area contributed by atoms with Gasteiger partial charge >= 0.3 is 0 Å². The molecule has 1 aliphatic rings. The van der Waals surface area contributed by atoms with Gasteiger partial charge in [0.2, 0.25) is 5.91 Å². The van der Waals surface area contributed by atoms with Crippen molar-refractivity contribution in [3.8, 4) is 5.75 Å². The van der Waals surface area contributed by atoms with E-state index < -0.39 is 0 Å². The number of benzene rings is 2. The molecule has 1 aliphatic heterocycles. The fraction of sp³-hybridized carbons (Fsp3) is 0.381. The third-order valence-corrected chi connectivity index (χ3v) is 4.68. The van der Waals surface area contributed by atoms with Crippen LogP contribution in [0, 0.1) is 18.7 Å². The van der Waals surface area contributed by atoms with Gasteiger partial charge < -0.3 is 9.64 Å². The van der Waals surface area contributed by atoms with Crippen LogP contribution in [0.2, 0.25) is 0 Å². The van der Waals surface area contributed by atoms with E-state index in [0.717, 1.165) is 31.5 Å². The third kappa shape index (κ3) is 5.05. The quantitative estimate of drug-likeness (QED) is 0.795. The standard InChI is InChI=1S/C21H24FNO2/c1-16-3-2-4-18(13-16)14-21(24)23-11-9-17(15-23)10-12-25-20-7-5-19(22)6-8-20/h2-8,13,17H,9-12,14-15H2,1H3. The summed E-state index contributed by atoms with van der Waals surface area (Å²) in [6.45, 7) is 4.26. The minimum atomic E-state index is -0.258. The molecule has 3 rings (SSSR count). The first-order chi connectivity index (χ1) is 12.1. The predicted octanol–water partition coefficient (Wildman–Crippen LogP) is 3.99. The van der Waals surface area contributed by atoms with Crippen molar-refractivity contribution in [3.05, 3.63) is 65.5 Å². The van der Waals surface area contributed by atoms with Gasteiger partial charge in [-0.1, -0.05) is 29.8 Å². The van der Waals surface area contributed by atoms with E-state index in [4.69, 9.17) is 4.74 Å². The molecule has 1 amide bonds. The molecule has 0 bridgehead atoms. The van der Waals surface area contributed by atoms with Gasteiger partial charge in [0.15, 0.2) is 0 Å². The molecular formula is C21H24FNO2. The SMILES string of the molecule is Cc1cccc(CC(=O)N2CCC(CCOc3ccc(F)cc3)C2)c1. The number of hydrogen-bond donors (Lipinski definition) is 0. The van der Waals surface area contributed by atoms with Gasteiger partial charge in [-0.2, -0.15) is 0 Å². The highest BCUT2D eigenvalue weighted by Gasteiger charge is 2.26. The number of halogens is 1. The van der Waals surface area contributed by atoms with E-state index in [9.17, 15) is 9.18 Å². The summed E-state index contributed by atoms with van der Waals surface area (Å²) >= 11 is 0. The summed E-state index contributed by atoms with van der Waals surface area (Å²) < 4.78 is 18.5. The van der Waals surface area contributed by atoms with Gasteiger partial charge in [-0.25, -0.2) is 4.39 Å². The van der Waals surface area contributed by atoms with Crippen molar-refractivity contribution in [1.29, 1.82) is 0 Å². The van der Waals surface area contributed by atoms with Crippen LogP contribution in [0.25, 0.3) is 0 Å². The van der Waals surface area contributed by atoms with E-state index in [1.807, 2.05) is 30.0 Å². The molecule has 0 N–H and O–H groups in total. The molecule has 2 aromatic rings. The number of aryl methyl sites for hydroxylation is 1. The third-order valence-electron chi connectivity index (χ3n) is 4.68. The van der Waals surface area contributed by atoms with Gasteiger partial charge in [0, 0.05) is 13.1 Å². The Morgan fingerprint density at radius 1 is 1.24 bits per heavy atom. The molecule has 1 atom stereocenters. The van der Waals surface area contributed by atoms with Crippen LogP contribution in [0.1, 0.15) is 24.0 Å². The normalized spacial score (nSPS) is 16.9. The Morgan fingerprint density at radius 2 is 2.04 bits per heavy atom. The maximum atomic E-state index is 12.9. The zero-order chi connectivity index (χ0) is 17.6. The van der Waals surface area contributed by atoms with Crippen molar-refractivity contribution in [3.63, 3.8) is 0 Å². The Bertz CT molecular complexity index is 714. The lowest BCUT2D eigenvalue weighted by Gasteiger charge is -2.17. The molecule has 1 fully saturated rings. The summed E-state index contributed by atoms with van der Waals surface area (Å²) in [4.78, 5) is 14.4. The molecule has 0 spiro atoms. The van der Waals surface area contributed by atoms with E-state index in [-0.39, 0.29) is 11.7 Å². The van der Waals surface area contributed by atoms with E-state index in [0.29, 0.717) is 24.7 Å². The zero-order valence-electron chi connectivity index (χ0n) is 14.6. The van der Waals surface area contributed by atoms with Crippen LogP contribution in [0.4, 0.5) is 4.39 Å². The Labute approximate surface area is 148 Å². The second-order valence-electron chi connectivity index (χ2n) is 6.75. The molecule has 0 radical (unpaired) electrons. The molecule has 132 valence electrons. The molecule has 3 nitrogen and oxygen atoms in total. The average molecular weight is 341 g/mol. The van der Waals surface area contributed by atoms with Crippen molar-refractivity contribution >= 4 is 5.91 Å². The van der Waals surface area contributed by atoms with Crippen LogP contribution in [-0.4, -0.2) is 30.5 Å². The molecule has 1 unspecified atom stereocenters. The van der Waals surface area contributed by atoms with Crippen LogP contribution < -0.4 is 4.74 Å². The smallest absolute Gasteiger partial charge is 0.226 e. The number of hydrogen-bond acceptors (Lipinski definition) is 2. The van der Waals surface area contributed by atoms with Gasteiger partial charge in [-0.3, -0.25) is 4.79 Å². The van der Waals surface area contributed by atoms with Crippen LogP contribution in [0.15, 0.2) is 48.5 Å². The first-order valence-electron chi connectivity index (χ1n) is 8.82. The van der Waals surface area contributed by atoms with Crippen LogP contribution in [0.5, 0.6) is 5.75 Å². The van der Waals surface area contributed by atoms with Crippen LogP contribution >= 0.6 is 0 Å². The number of ether oxygens (including phenoxy) is 1. The van der Waals surface area contributed by atoms with Crippen LogP contribution in [0.3, 0.4) is 0 Å². The van der Waals surface area contributed by atoms with E-state index in [1.165, 1.54) is 17.7 Å². The number of rotatable bonds is 6. The van der Waals surface area contributed by atoms with E-state index in [1.54, 1.807) is 12.1 Å². The highest BCUT2D eigenvalue weighted by atomic mass is 19.1. The summed E-state index contributed by atoms with van der Waals surface area (Å²) in [5, 5.41) is 0. The van der Waals surface area contributed by atoms with Crippen molar-refractivity contribution < 1.29 is 13.9 Å². The summed E-state index contributed by atoms with van der Waals surface area (Å²) in [6, 6.07) is 14.2. The first kappa shape index (κ1) is 17.5. The Balaban J connectivity index is 1.42. The monoisotopic (exact) mass is 341 g/mol. The van der Waals surface area contributed by atoms with E-state index >= 15 is 0 Å². The summed E-state index contributed by atoms with van der Waals surface area (Å²) in [5.74, 6) is 1.10. The van der Waals surface area contributed by atoms with Crippen molar-refractivity contribution in [2.75, 3.05) is 19.7 Å². The molecule has 0 aromatic heterocycles. The van der Waals surface area contributed by atoms with Crippen molar-refractivity contribution in [1.82, 2.24) is 4.90 Å². The summed E-state index contributed by atoms with van der Waals surface area (Å²) in [5.41, 5.74) is 2.26. The minimum Gasteiger partial charge on any atom is -0.494 e. The number of carbonyl (C=O) groups is 1. The molecule has 1 heterocycles. The van der Waals surface area contributed by atoms with E-state index in [2.05, 4.69) is 6.07 Å². The molecule has 25 heavy (non-hydrogen) atoms. The van der Waals surface area contributed by atoms with Crippen LogP contribution in [-0.2, 0) is 11.2 Å². The van der Waals surface area contributed by atoms with Crippen molar-refractivity contribution in [2.24, 2.45) is 5.92 Å². The maximum absolute atomic E-state index is 12.9. The topological polar surface area (TPSA) is 29.5 Å². The highest BCUT2D eigenvalue weighted by Crippen LogP contribution is 2.21. The molecule has 1 saturated heterocycles. The number of amides is 1. The van der Waals surface area contributed by atoms with Crippen molar-refractivity contribution in [2.45, 2.75) is 26.2 Å². The lowest BCUT2D eigenvalue weighted by molar-refractivity contribution is -0.129. The number of carbonyl (C=O) groups excluding carboxylic acids is 1. The van der Waals surface area contributed by atoms with Gasteiger partial charge in [-0.15, -0.1) is 0 Å². The van der Waals surface area contributed by atoms with Gasteiger partial charge in [0.05, 0.1) is 13.0 Å². The predicted molar refractivity (Wildman–Crippen MR) is 96.1 cm³/mol. The maximum Gasteiger partial charge on any atom is 0.226 e. The number of likely N-dealkylation sites (tertiary alicyclic amines) is 1. The first-order valence-corrected chi connectivity index (χ1v) is 8.82. The fourth-order valence-corrected chi connectivity index (χ4v) is 3.28.